The summed E-state index contributed by atoms with van der Waals surface area (Å²) in [6, 6.07) is 32.5. The largest absolute Gasteiger partial charge is 0.494 e. The van der Waals surface area contributed by atoms with Gasteiger partial charge in [-0.15, -0.1) is 0 Å². The normalized spacial score (nSPS) is 10.8. The van der Waals surface area contributed by atoms with Gasteiger partial charge in [0.05, 0.1) is 23.4 Å². The molecule has 174 valence electrons. The maximum Gasteiger partial charge on any atom is 0.260 e. The van der Waals surface area contributed by atoms with Crippen LogP contribution in [0.3, 0.4) is 0 Å². The Kier molecular flexibility index (Phi) is 6.73. The third-order valence-electron chi connectivity index (χ3n) is 5.38. The molecule has 0 aliphatic carbocycles. The number of amides is 1. The first-order valence-electron chi connectivity index (χ1n) is 11.4. The van der Waals surface area contributed by atoms with Crippen LogP contribution in [0, 0.1) is 0 Å². The number of carbonyl (C=O) groups is 1. The zero-order valence-electron chi connectivity index (χ0n) is 19.3. The maximum absolute atomic E-state index is 13.8. The van der Waals surface area contributed by atoms with Crippen LogP contribution in [0.2, 0.25) is 0 Å². The van der Waals surface area contributed by atoms with Crippen molar-refractivity contribution >= 4 is 32.6 Å². The van der Waals surface area contributed by atoms with E-state index in [0.717, 1.165) is 27.3 Å². The molecule has 0 bridgehead atoms. The number of carbonyl (C=O) groups excluding carboxylic acids is 1. The zero-order valence-corrected chi connectivity index (χ0v) is 20.1. The number of aromatic nitrogens is 1. The molecular weight excluding hydrogens is 456 g/mol. The van der Waals surface area contributed by atoms with Gasteiger partial charge in [0.2, 0.25) is 0 Å². The van der Waals surface area contributed by atoms with Crippen molar-refractivity contribution in [2.45, 2.75) is 13.5 Å². The molecular formula is C29H24N2O3S. The monoisotopic (exact) mass is 480 g/mol. The average Bonchev–Trinajstić information content (AvgIpc) is 3.32. The van der Waals surface area contributed by atoms with Crippen molar-refractivity contribution < 1.29 is 14.3 Å². The van der Waals surface area contributed by atoms with Gasteiger partial charge < -0.3 is 9.47 Å². The van der Waals surface area contributed by atoms with Gasteiger partial charge in [0.15, 0.2) is 5.13 Å². The van der Waals surface area contributed by atoms with E-state index in [4.69, 9.17) is 14.5 Å². The summed E-state index contributed by atoms with van der Waals surface area (Å²) in [5.41, 5.74) is 2.39. The van der Waals surface area contributed by atoms with Crippen LogP contribution in [0.1, 0.15) is 22.8 Å². The molecule has 5 rings (SSSR count). The average molecular weight is 481 g/mol. The lowest BCUT2D eigenvalue weighted by molar-refractivity contribution is 0.0985. The Labute approximate surface area is 208 Å². The number of para-hydroxylation sites is 1. The lowest BCUT2D eigenvalue weighted by Crippen LogP contribution is -2.30. The number of ether oxygens (including phenoxy) is 2. The van der Waals surface area contributed by atoms with Gasteiger partial charge in [-0.3, -0.25) is 9.69 Å². The fourth-order valence-electron chi connectivity index (χ4n) is 3.73. The maximum atomic E-state index is 13.8. The SMILES string of the molecule is CCOc1ccc2nc(N(Cc3ccccc3)C(=O)c3cccc(Oc4ccccc4)c3)sc2c1. The van der Waals surface area contributed by atoms with E-state index in [2.05, 4.69) is 0 Å². The van der Waals surface area contributed by atoms with Gasteiger partial charge in [-0.25, -0.2) is 4.98 Å². The van der Waals surface area contributed by atoms with E-state index >= 15 is 0 Å². The van der Waals surface area contributed by atoms with E-state index in [1.54, 1.807) is 17.0 Å². The van der Waals surface area contributed by atoms with E-state index in [1.165, 1.54) is 11.3 Å². The molecule has 1 amide bonds. The van der Waals surface area contributed by atoms with E-state index < -0.39 is 0 Å². The van der Waals surface area contributed by atoms with Crippen LogP contribution in [0.25, 0.3) is 10.2 Å². The topological polar surface area (TPSA) is 51.7 Å². The van der Waals surface area contributed by atoms with Crippen LogP contribution >= 0.6 is 11.3 Å². The third kappa shape index (κ3) is 5.34. The van der Waals surface area contributed by atoms with Gasteiger partial charge in [-0.05, 0) is 61.0 Å². The summed E-state index contributed by atoms with van der Waals surface area (Å²) in [4.78, 5) is 20.3. The first kappa shape index (κ1) is 22.6. The Hall–Kier alpha value is -4.16. The lowest BCUT2D eigenvalue weighted by Gasteiger charge is -2.20. The first-order valence-corrected chi connectivity index (χ1v) is 12.2. The summed E-state index contributed by atoms with van der Waals surface area (Å²) in [5.74, 6) is 1.97. The van der Waals surface area contributed by atoms with Crippen LogP contribution in [0.5, 0.6) is 17.2 Å². The van der Waals surface area contributed by atoms with Gasteiger partial charge >= 0.3 is 0 Å². The molecule has 0 N–H and O–H groups in total. The smallest absolute Gasteiger partial charge is 0.260 e. The molecule has 35 heavy (non-hydrogen) atoms. The summed E-state index contributed by atoms with van der Waals surface area (Å²) in [6.07, 6.45) is 0. The van der Waals surface area contributed by atoms with Crippen LogP contribution in [-0.2, 0) is 6.54 Å². The highest BCUT2D eigenvalue weighted by Gasteiger charge is 2.22. The summed E-state index contributed by atoms with van der Waals surface area (Å²) < 4.78 is 12.6. The molecule has 1 aromatic heterocycles. The minimum atomic E-state index is -0.142. The van der Waals surface area contributed by atoms with Crippen molar-refractivity contribution in [1.82, 2.24) is 4.98 Å². The molecule has 5 nitrogen and oxygen atoms in total. The molecule has 0 fully saturated rings. The fraction of sp³-hybridized carbons (Fsp3) is 0.103. The summed E-state index contributed by atoms with van der Waals surface area (Å²) in [6.45, 7) is 2.96. The van der Waals surface area contributed by atoms with E-state index in [1.807, 2.05) is 97.9 Å². The Bertz CT molecular complexity index is 1430. The van der Waals surface area contributed by atoms with Gasteiger partial charge in [0, 0.05) is 5.56 Å². The molecule has 5 aromatic rings. The molecule has 6 heteroatoms. The molecule has 1 heterocycles. The highest BCUT2D eigenvalue weighted by Crippen LogP contribution is 2.33. The highest BCUT2D eigenvalue weighted by molar-refractivity contribution is 7.22. The Morgan fingerprint density at radius 3 is 2.34 bits per heavy atom. The van der Waals surface area contributed by atoms with Crippen LogP contribution < -0.4 is 14.4 Å². The molecule has 0 atom stereocenters. The number of rotatable bonds is 8. The minimum Gasteiger partial charge on any atom is -0.494 e. The van der Waals surface area contributed by atoms with Gasteiger partial charge in [0.1, 0.15) is 17.2 Å². The number of anilines is 1. The minimum absolute atomic E-state index is 0.142. The second-order valence-corrected chi connectivity index (χ2v) is 8.89. The first-order chi connectivity index (χ1) is 17.2. The molecule has 4 aromatic carbocycles. The molecule has 0 unspecified atom stereocenters. The van der Waals surface area contributed by atoms with Crippen LogP contribution in [0.15, 0.2) is 103 Å². The lowest BCUT2D eigenvalue weighted by atomic mass is 10.1. The molecule has 0 saturated carbocycles. The van der Waals surface area contributed by atoms with Crippen LogP contribution in [-0.4, -0.2) is 17.5 Å². The molecule has 0 spiro atoms. The number of hydrogen-bond donors (Lipinski definition) is 0. The van der Waals surface area contributed by atoms with Gasteiger partial charge in [0.25, 0.3) is 5.91 Å². The van der Waals surface area contributed by atoms with Gasteiger partial charge in [-0.2, -0.15) is 0 Å². The predicted octanol–water partition coefficient (Wildman–Crippen LogP) is 7.33. The van der Waals surface area contributed by atoms with Gasteiger partial charge in [-0.1, -0.05) is 65.9 Å². The highest BCUT2D eigenvalue weighted by atomic mass is 32.1. The number of hydrogen-bond acceptors (Lipinski definition) is 5. The Morgan fingerprint density at radius 1 is 0.829 bits per heavy atom. The number of nitrogens with zero attached hydrogens (tertiary/aromatic N) is 2. The second-order valence-electron chi connectivity index (χ2n) is 7.88. The quantitative estimate of drug-likeness (QED) is 0.233. The summed E-state index contributed by atoms with van der Waals surface area (Å²) in [5, 5.41) is 0.636. The Balaban J connectivity index is 1.49. The van der Waals surface area contributed by atoms with E-state index in [0.29, 0.717) is 29.6 Å². The summed E-state index contributed by atoms with van der Waals surface area (Å²) in [7, 11) is 0. The molecule has 0 aliphatic heterocycles. The predicted molar refractivity (Wildman–Crippen MR) is 141 cm³/mol. The standard InChI is InChI=1S/C29H24N2O3S/c1-2-33-24-16-17-26-27(19-24)35-29(30-26)31(20-21-10-5-3-6-11-21)28(32)22-12-9-15-25(18-22)34-23-13-7-4-8-14-23/h3-19H,2,20H2,1H3. The van der Waals surface area contributed by atoms with Crippen molar-refractivity contribution in [3.63, 3.8) is 0 Å². The third-order valence-corrected chi connectivity index (χ3v) is 6.42. The van der Waals surface area contributed by atoms with Crippen LogP contribution in [0.4, 0.5) is 5.13 Å². The van der Waals surface area contributed by atoms with Crippen molar-refractivity contribution in [2.24, 2.45) is 0 Å². The van der Waals surface area contributed by atoms with Crippen molar-refractivity contribution in [1.29, 1.82) is 0 Å². The fourth-order valence-corrected chi connectivity index (χ4v) is 4.72. The van der Waals surface area contributed by atoms with Crippen molar-refractivity contribution in [2.75, 3.05) is 11.5 Å². The number of thiazole rings is 1. The number of fused-ring (bicyclic) bond motifs is 1. The Morgan fingerprint density at radius 2 is 1.57 bits per heavy atom. The summed E-state index contributed by atoms with van der Waals surface area (Å²) >= 11 is 1.48. The van der Waals surface area contributed by atoms with E-state index in [-0.39, 0.29) is 5.91 Å². The molecule has 0 saturated heterocycles. The van der Waals surface area contributed by atoms with E-state index in [9.17, 15) is 4.79 Å². The van der Waals surface area contributed by atoms with Crippen molar-refractivity contribution in [3.8, 4) is 17.2 Å². The molecule has 0 aliphatic rings. The number of benzene rings is 4. The van der Waals surface area contributed by atoms with Crippen molar-refractivity contribution in [3.05, 3.63) is 114 Å². The molecule has 0 radical (unpaired) electrons. The zero-order chi connectivity index (χ0) is 24.0. The second kappa shape index (κ2) is 10.4.